The number of ether oxygens (including phenoxy) is 1. The summed E-state index contributed by atoms with van der Waals surface area (Å²) < 4.78 is 7.27. The lowest BCUT2D eigenvalue weighted by Gasteiger charge is -2.14. The van der Waals surface area contributed by atoms with Gasteiger partial charge in [0.1, 0.15) is 11.6 Å². The van der Waals surface area contributed by atoms with Crippen LogP contribution < -0.4 is 0 Å². The Hall–Kier alpha value is -2.55. The SMILES string of the molecule is Cc1cc(/C=C(\C#N)C(=O)OCC(=O)N2CCCC2)c(C)n1CCC(C)C. The first kappa shape index (κ1) is 20.8. The summed E-state index contributed by atoms with van der Waals surface area (Å²) >= 11 is 0. The highest BCUT2D eigenvalue weighted by atomic mass is 16.5. The molecule has 146 valence electrons. The summed E-state index contributed by atoms with van der Waals surface area (Å²) in [6.45, 7) is 10.4. The van der Waals surface area contributed by atoms with E-state index in [4.69, 9.17) is 4.74 Å². The van der Waals surface area contributed by atoms with E-state index in [0.29, 0.717) is 19.0 Å². The number of carbonyl (C=O) groups excluding carboxylic acids is 2. The van der Waals surface area contributed by atoms with E-state index in [9.17, 15) is 14.9 Å². The highest BCUT2D eigenvalue weighted by Gasteiger charge is 2.20. The van der Waals surface area contributed by atoms with Gasteiger partial charge in [-0.25, -0.2) is 4.79 Å². The molecule has 0 bridgehead atoms. The molecule has 27 heavy (non-hydrogen) atoms. The Morgan fingerprint density at radius 2 is 1.96 bits per heavy atom. The van der Waals surface area contributed by atoms with Crippen molar-refractivity contribution in [2.24, 2.45) is 5.92 Å². The number of hydrogen-bond acceptors (Lipinski definition) is 4. The molecule has 0 aromatic carbocycles. The van der Waals surface area contributed by atoms with Crippen molar-refractivity contribution in [1.82, 2.24) is 9.47 Å². The van der Waals surface area contributed by atoms with Gasteiger partial charge in [-0.1, -0.05) is 13.8 Å². The maximum atomic E-state index is 12.2. The molecule has 1 aromatic heterocycles. The van der Waals surface area contributed by atoms with Crippen LogP contribution in [0.3, 0.4) is 0 Å². The molecule has 0 unspecified atom stereocenters. The number of nitriles is 1. The first-order valence-electron chi connectivity index (χ1n) is 9.57. The Morgan fingerprint density at radius 3 is 2.56 bits per heavy atom. The van der Waals surface area contributed by atoms with Crippen molar-refractivity contribution in [1.29, 1.82) is 5.26 Å². The van der Waals surface area contributed by atoms with Crippen LogP contribution in [0.15, 0.2) is 11.6 Å². The first-order valence-corrected chi connectivity index (χ1v) is 9.57. The standard InChI is InChI=1S/C21H29N3O3/c1-15(2)7-10-24-16(3)11-18(17(24)4)12-19(13-22)21(26)27-14-20(25)23-8-5-6-9-23/h11-12,15H,5-10,14H2,1-4H3/b19-12+. The van der Waals surface area contributed by atoms with Crippen molar-refractivity contribution in [3.63, 3.8) is 0 Å². The Labute approximate surface area is 161 Å². The highest BCUT2D eigenvalue weighted by Crippen LogP contribution is 2.20. The normalized spacial score (nSPS) is 14.5. The fraction of sp³-hybridized carbons (Fsp3) is 0.571. The Kier molecular flexibility index (Phi) is 7.23. The van der Waals surface area contributed by atoms with Crippen LogP contribution in [0.1, 0.15) is 50.1 Å². The van der Waals surface area contributed by atoms with Gasteiger partial charge in [0.25, 0.3) is 5.91 Å². The maximum Gasteiger partial charge on any atom is 0.349 e. The fourth-order valence-corrected chi connectivity index (χ4v) is 3.26. The third kappa shape index (κ3) is 5.46. The Morgan fingerprint density at radius 1 is 1.30 bits per heavy atom. The molecular formula is C21H29N3O3. The van der Waals surface area contributed by atoms with Gasteiger partial charge in [0.05, 0.1) is 0 Å². The van der Waals surface area contributed by atoms with Crippen LogP contribution in [0.25, 0.3) is 6.08 Å². The smallest absolute Gasteiger partial charge is 0.349 e. The summed E-state index contributed by atoms with van der Waals surface area (Å²) in [6.07, 6.45) is 4.58. The summed E-state index contributed by atoms with van der Waals surface area (Å²) in [5.41, 5.74) is 2.85. The number of hydrogen-bond donors (Lipinski definition) is 0. The van der Waals surface area contributed by atoms with Gasteiger partial charge >= 0.3 is 5.97 Å². The van der Waals surface area contributed by atoms with Crippen molar-refractivity contribution in [3.05, 3.63) is 28.6 Å². The van der Waals surface area contributed by atoms with Crippen LogP contribution in [0.5, 0.6) is 0 Å². The Bertz CT molecular complexity index is 762. The van der Waals surface area contributed by atoms with Crippen molar-refractivity contribution in [2.45, 2.75) is 53.5 Å². The lowest BCUT2D eigenvalue weighted by atomic mass is 10.1. The van der Waals surface area contributed by atoms with Gasteiger partial charge in [0, 0.05) is 31.0 Å². The van der Waals surface area contributed by atoms with Gasteiger partial charge < -0.3 is 14.2 Å². The molecule has 0 radical (unpaired) electrons. The average Bonchev–Trinajstić information content (AvgIpc) is 3.25. The number of aryl methyl sites for hydroxylation is 1. The zero-order valence-electron chi connectivity index (χ0n) is 16.7. The van der Waals surface area contributed by atoms with E-state index >= 15 is 0 Å². The number of carbonyl (C=O) groups is 2. The molecule has 0 spiro atoms. The maximum absolute atomic E-state index is 12.2. The summed E-state index contributed by atoms with van der Waals surface area (Å²) in [5.74, 6) is -0.356. The van der Waals surface area contributed by atoms with Gasteiger partial charge in [-0.05, 0) is 56.7 Å². The predicted molar refractivity (Wildman–Crippen MR) is 104 cm³/mol. The number of rotatable bonds is 7. The van der Waals surface area contributed by atoms with Crippen LogP contribution in [0.4, 0.5) is 0 Å². The number of nitrogens with zero attached hydrogens (tertiary/aromatic N) is 3. The molecular weight excluding hydrogens is 342 g/mol. The third-order valence-corrected chi connectivity index (χ3v) is 4.97. The van der Waals surface area contributed by atoms with E-state index in [-0.39, 0.29) is 18.1 Å². The number of likely N-dealkylation sites (tertiary alicyclic amines) is 1. The molecule has 0 aliphatic carbocycles. The van der Waals surface area contributed by atoms with Crippen molar-refractivity contribution < 1.29 is 14.3 Å². The molecule has 2 rings (SSSR count). The fourth-order valence-electron chi connectivity index (χ4n) is 3.26. The molecule has 1 aliphatic rings. The zero-order chi connectivity index (χ0) is 20.0. The second-order valence-electron chi connectivity index (χ2n) is 7.49. The largest absolute Gasteiger partial charge is 0.451 e. The monoisotopic (exact) mass is 371 g/mol. The van der Waals surface area contributed by atoms with Crippen LogP contribution in [0, 0.1) is 31.1 Å². The van der Waals surface area contributed by atoms with Crippen molar-refractivity contribution in [3.8, 4) is 6.07 Å². The number of esters is 1. The molecule has 6 heteroatoms. The third-order valence-electron chi connectivity index (χ3n) is 4.97. The van der Waals surface area contributed by atoms with E-state index in [1.165, 1.54) is 0 Å². The minimum Gasteiger partial charge on any atom is -0.451 e. The predicted octanol–water partition coefficient (Wildman–Crippen LogP) is 3.22. The molecule has 0 N–H and O–H groups in total. The van der Waals surface area contributed by atoms with Crippen molar-refractivity contribution in [2.75, 3.05) is 19.7 Å². The van der Waals surface area contributed by atoms with Gasteiger partial charge in [0.15, 0.2) is 6.61 Å². The molecule has 0 atom stereocenters. The van der Waals surface area contributed by atoms with Crippen LogP contribution in [-0.2, 0) is 20.9 Å². The van der Waals surface area contributed by atoms with Crippen molar-refractivity contribution >= 4 is 18.0 Å². The number of amides is 1. The quantitative estimate of drug-likeness (QED) is 0.419. The molecule has 1 aliphatic heterocycles. The van der Waals surface area contributed by atoms with E-state index < -0.39 is 5.97 Å². The second kappa shape index (κ2) is 9.40. The van der Waals surface area contributed by atoms with Gasteiger partial charge in [0.2, 0.25) is 0 Å². The minimum absolute atomic E-state index is 0.0895. The van der Waals surface area contributed by atoms with E-state index in [2.05, 4.69) is 18.4 Å². The van der Waals surface area contributed by atoms with E-state index in [1.54, 1.807) is 11.0 Å². The molecule has 6 nitrogen and oxygen atoms in total. The molecule has 1 aromatic rings. The van der Waals surface area contributed by atoms with Gasteiger partial charge in [-0.3, -0.25) is 4.79 Å². The molecule has 1 fully saturated rings. The van der Waals surface area contributed by atoms with Crippen LogP contribution in [-0.4, -0.2) is 41.0 Å². The number of aromatic nitrogens is 1. The first-order chi connectivity index (χ1) is 12.8. The molecule has 1 saturated heterocycles. The van der Waals surface area contributed by atoms with Crippen LogP contribution in [0.2, 0.25) is 0 Å². The van der Waals surface area contributed by atoms with E-state index in [0.717, 1.165) is 42.8 Å². The second-order valence-corrected chi connectivity index (χ2v) is 7.49. The lowest BCUT2D eigenvalue weighted by molar-refractivity contribution is -0.148. The summed E-state index contributed by atoms with van der Waals surface area (Å²) in [4.78, 5) is 25.9. The van der Waals surface area contributed by atoms with Crippen LogP contribution >= 0.6 is 0 Å². The highest BCUT2D eigenvalue weighted by molar-refractivity contribution is 5.99. The van der Waals surface area contributed by atoms with E-state index in [1.807, 2.05) is 26.0 Å². The Balaban J connectivity index is 2.06. The molecule has 0 saturated carbocycles. The average molecular weight is 371 g/mol. The topological polar surface area (TPSA) is 75.3 Å². The minimum atomic E-state index is -0.753. The zero-order valence-corrected chi connectivity index (χ0v) is 16.7. The molecule has 1 amide bonds. The van der Waals surface area contributed by atoms with Gasteiger partial charge in [-0.15, -0.1) is 0 Å². The summed E-state index contributed by atoms with van der Waals surface area (Å²) in [5, 5.41) is 9.36. The molecule has 2 heterocycles. The lowest BCUT2D eigenvalue weighted by Crippen LogP contribution is -2.32. The van der Waals surface area contributed by atoms with Gasteiger partial charge in [-0.2, -0.15) is 5.26 Å². The summed E-state index contributed by atoms with van der Waals surface area (Å²) in [7, 11) is 0. The summed E-state index contributed by atoms with van der Waals surface area (Å²) in [6, 6.07) is 3.87.